The second kappa shape index (κ2) is 7.77. The van der Waals surface area contributed by atoms with E-state index in [4.69, 9.17) is 4.74 Å². The summed E-state index contributed by atoms with van der Waals surface area (Å²) < 4.78 is 5.43. The van der Waals surface area contributed by atoms with Crippen LogP contribution in [-0.4, -0.2) is 51.3 Å². The van der Waals surface area contributed by atoms with Crippen molar-refractivity contribution < 1.29 is 4.74 Å². The molecular weight excluding hydrogens is 248 g/mol. The van der Waals surface area contributed by atoms with Crippen LogP contribution in [0.4, 0.5) is 0 Å². The van der Waals surface area contributed by atoms with Crippen LogP contribution in [0.15, 0.2) is 0 Å². The van der Waals surface area contributed by atoms with Crippen LogP contribution < -0.4 is 5.32 Å². The molecule has 1 N–H and O–H groups in total. The second-order valence-corrected chi connectivity index (χ2v) is 7.54. The van der Waals surface area contributed by atoms with E-state index >= 15 is 0 Å². The SMILES string of the molecule is COCC(CNCC(C)C)N(C)CC1CC2CCC1C2. The van der Waals surface area contributed by atoms with Gasteiger partial charge in [0.15, 0.2) is 0 Å². The Morgan fingerprint density at radius 3 is 2.55 bits per heavy atom. The molecule has 0 aliphatic heterocycles. The van der Waals surface area contributed by atoms with Crippen LogP contribution in [0.3, 0.4) is 0 Å². The third-order valence-corrected chi connectivity index (χ3v) is 5.32. The summed E-state index contributed by atoms with van der Waals surface area (Å²) in [6.07, 6.45) is 5.99. The third kappa shape index (κ3) is 4.44. The maximum atomic E-state index is 5.43. The average Bonchev–Trinajstić information content (AvgIpc) is 2.99. The number of fused-ring (bicyclic) bond motifs is 2. The number of hydrogen-bond donors (Lipinski definition) is 1. The van der Waals surface area contributed by atoms with Crippen molar-refractivity contribution in [3.8, 4) is 0 Å². The predicted molar refractivity (Wildman–Crippen MR) is 84.9 cm³/mol. The average molecular weight is 282 g/mol. The maximum absolute atomic E-state index is 5.43. The summed E-state index contributed by atoms with van der Waals surface area (Å²) in [6.45, 7) is 8.76. The maximum Gasteiger partial charge on any atom is 0.0630 e. The first-order valence-electron chi connectivity index (χ1n) is 8.50. The van der Waals surface area contributed by atoms with E-state index in [1.165, 1.54) is 32.2 Å². The van der Waals surface area contributed by atoms with Crippen molar-refractivity contribution in [2.45, 2.75) is 45.6 Å². The Balaban J connectivity index is 1.75. The third-order valence-electron chi connectivity index (χ3n) is 5.32. The molecule has 0 amide bonds. The molecule has 2 saturated carbocycles. The van der Waals surface area contributed by atoms with Gasteiger partial charge in [0.25, 0.3) is 0 Å². The van der Waals surface area contributed by atoms with Crippen LogP contribution >= 0.6 is 0 Å². The monoisotopic (exact) mass is 282 g/mol. The Bertz CT molecular complexity index is 282. The zero-order valence-corrected chi connectivity index (χ0v) is 13.9. The van der Waals surface area contributed by atoms with Crippen LogP contribution in [0.1, 0.15) is 39.5 Å². The zero-order valence-electron chi connectivity index (χ0n) is 13.9. The first-order chi connectivity index (χ1) is 9.60. The number of rotatable bonds is 9. The summed E-state index contributed by atoms with van der Waals surface area (Å²) in [5, 5.41) is 3.59. The van der Waals surface area contributed by atoms with E-state index in [1.807, 2.05) is 7.11 Å². The van der Waals surface area contributed by atoms with Gasteiger partial charge < -0.3 is 10.1 Å². The van der Waals surface area contributed by atoms with Crippen LogP contribution in [0.25, 0.3) is 0 Å². The fraction of sp³-hybridized carbons (Fsp3) is 1.00. The van der Waals surface area contributed by atoms with Crippen molar-refractivity contribution >= 4 is 0 Å². The molecule has 2 aliphatic rings. The molecule has 118 valence electrons. The number of ether oxygens (including phenoxy) is 1. The highest BCUT2D eigenvalue weighted by molar-refractivity contribution is 4.91. The van der Waals surface area contributed by atoms with Gasteiger partial charge in [-0.25, -0.2) is 0 Å². The highest BCUT2D eigenvalue weighted by atomic mass is 16.5. The summed E-state index contributed by atoms with van der Waals surface area (Å²) in [4.78, 5) is 2.54. The molecule has 0 radical (unpaired) electrons. The fourth-order valence-corrected chi connectivity index (χ4v) is 4.19. The molecule has 0 spiro atoms. The van der Waals surface area contributed by atoms with E-state index in [2.05, 4.69) is 31.1 Å². The molecule has 0 aromatic rings. The van der Waals surface area contributed by atoms with E-state index in [0.29, 0.717) is 12.0 Å². The molecule has 2 aliphatic carbocycles. The molecule has 3 heteroatoms. The first-order valence-corrected chi connectivity index (χ1v) is 8.50. The van der Waals surface area contributed by atoms with Crippen molar-refractivity contribution in [2.75, 3.05) is 40.4 Å². The summed E-state index contributed by atoms with van der Waals surface area (Å²) in [7, 11) is 4.10. The molecule has 2 rings (SSSR count). The lowest BCUT2D eigenvalue weighted by Gasteiger charge is -2.33. The largest absolute Gasteiger partial charge is 0.383 e. The lowest BCUT2D eigenvalue weighted by molar-refractivity contribution is 0.0873. The highest BCUT2D eigenvalue weighted by Gasteiger charge is 2.40. The van der Waals surface area contributed by atoms with Gasteiger partial charge in [-0.1, -0.05) is 20.3 Å². The van der Waals surface area contributed by atoms with Crippen LogP contribution in [0.2, 0.25) is 0 Å². The van der Waals surface area contributed by atoms with E-state index in [9.17, 15) is 0 Å². The lowest BCUT2D eigenvalue weighted by atomic mass is 9.88. The smallest absolute Gasteiger partial charge is 0.0630 e. The van der Waals surface area contributed by atoms with Gasteiger partial charge in [0.2, 0.25) is 0 Å². The Labute approximate surface area is 125 Å². The van der Waals surface area contributed by atoms with E-state index in [0.717, 1.165) is 37.5 Å². The Hall–Kier alpha value is -0.120. The zero-order chi connectivity index (χ0) is 14.5. The summed E-state index contributed by atoms with van der Waals surface area (Å²) in [5.41, 5.74) is 0. The molecule has 0 saturated heterocycles. The lowest BCUT2D eigenvalue weighted by Crippen LogP contribution is -2.46. The van der Waals surface area contributed by atoms with E-state index < -0.39 is 0 Å². The Morgan fingerprint density at radius 2 is 2.00 bits per heavy atom. The van der Waals surface area contributed by atoms with Gasteiger partial charge in [-0.3, -0.25) is 4.90 Å². The number of nitrogens with one attached hydrogen (secondary N) is 1. The first kappa shape index (κ1) is 16.3. The van der Waals surface area contributed by atoms with Crippen molar-refractivity contribution in [1.29, 1.82) is 0 Å². The fourth-order valence-electron chi connectivity index (χ4n) is 4.19. The van der Waals surface area contributed by atoms with Gasteiger partial charge in [0.1, 0.15) is 0 Å². The molecule has 4 unspecified atom stereocenters. The number of nitrogens with zero attached hydrogens (tertiary/aromatic N) is 1. The molecular formula is C17H34N2O. The number of methoxy groups -OCH3 is 1. The quantitative estimate of drug-likeness (QED) is 0.703. The normalized spacial score (nSPS) is 30.6. The summed E-state index contributed by atoms with van der Waals surface area (Å²) in [6, 6.07) is 0.512. The molecule has 20 heavy (non-hydrogen) atoms. The summed E-state index contributed by atoms with van der Waals surface area (Å²) >= 11 is 0. The molecule has 0 aromatic heterocycles. The molecule has 4 atom stereocenters. The van der Waals surface area contributed by atoms with Gasteiger partial charge in [0, 0.05) is 26.2 Å². The number of hydrogen-bond acceptors (Lipinski definition) is 3. The molecule has 2 fully saturated rings. The van der Waals surface area contributed by atoms with Crippen molar-refractivity contribution in [2.24, 2.45) is 23.7 Å². The van der Waals surface area contributed by atoms with Crippen LogP contribution in [0.5, 0.6) is 0 Å². The standard InChI is InChI=1S/C17H34N2O/c1-13(2)9-18-10-17(12-20-4)19(3)11-16-8-14-5-6-15(16)7-14/h13-18H,5-12H2,1-4H3. The van der Waals surface area contributed by atoms with Gasteiger partial charge in [-0.05, 0) is 56.5 Å². The Morgan fingerprint density at radius 1 is 1.20 bits per heavy atom. The Kier molecular flexibility index (Phi) is 6.31. The predicted octanol–water partition coefficient (Wildman–Crippen LogP) is 2.62. The van der Waals surface area contributed by atoms with Crippen LogP contribution in [0, 0.1) is 23.7 Å². The highest BCUT2D eigenvalue weighted by Crippen LogP contribution is 2.48. The molecule has 2 bridgehead atoms. The number of likely N-dealkylation sites (N-methyl/N-ethyl adjacent to an activating group) is 1. The summed E-state index contributed by atoms with van der Waals surface area (Å²) in [5.74, 6) is 3.74. The van der Waals surface area contributed by atoms with E-state index in [1.54, 1.807) is 0 Å². The molecule has 3 nitrogen and oxygen atoms in total. The van der Waals surface area contributed by atoms with E-state index in [-0.39, 0.29) is 0 Å². The molecule has 0 aromatic carbocycles. The van der Waals surface area contributed by atoms with Gasteiger partial charge in [-0.2, -0.15) is 0 Å². The van der Waals surface area contributed by atoms with Crippen molar-refractivity contribution in [3.63, 3.8) is 0 Å². The van der Waals surface area contributed by atoms with Gasteiger partial charge >= 0.3 is 0 Å². The minimum atomic E-state index is 0.512. The van der Waals surface area contributed by atoms with Gasteiger partial charge in [0.05, 0.1) is 6.61 Å². The minimum Gasteiger partial charge on any atom is -0.383 e. The second-order valence-electron chi connectivity index (χ2n) is 7.54. The topological polar surface area (TPSA) is 24.5 Å². The minimum absolute atomic E-state index is 0.512. The van der Waals surface area contributed by atoms with Crippen molar-refractivity contribution in [3.05, 3.63) is 0 Å². The van der Waals surface area contributed by atoms with Crippen LogP contribution in [-0.2, 0) is 4.74 Å². The van der Waals surface area contributed by atoms with Crippen molar-refractivity contribution in [1.82, 2.24) is 10.2 Å². The van der Waals surface area contributed by atoms with Gasteiger partial charge in [-0.15, -0.1) is 0 Å². The molecule has 0 heterocycles.